The first-order valence-electron chi connectivity index (χ1n) is 4.40. The molecule has 1 aromatic carbocycles. The minimum absolute atomic E-state index is 0.219. The molecule has 0 aliphatic carbocycles. The summed E-state index contributed by atoms with van der Waals surface area (Å²) in [6.07, 6.45) is 0. The molecule has 1 heterocycles. The van der Waals surface area contributed by atoms with Gasteiger partial charge in [0.05, 0.1) is 0 Å². The van der Waals surface area contributed by atoms with Gasteiger partial charge in [-0.3, -0.25) is 0 Å². The van der Waals surface area contributed by atoms with Crippen LogP contribution >= 0.6 is 15.9 Å². The quantitative estimate of drug-likeness (QED) is 0.727. The topological polar surface area (TPSA) is 46.6 Å². The zero-order chi connectivity index (χ0) is 11.1. The summed E-state index contributed by atoms with van der Waals surface area (Å²) in [6.45, 7) is 0.749. The van der Waals surface area contributed by atoms with Gasteiger partial charge < -0.3 is 4.74 Å². The second kappa shape index (κ2) is 3.77. The number of benzene rings is 1. The lowest BCUT2D eigenvalue weighted by Gasteiger charge is -2.12. The van der Waals surface area contributed by atoms with Crippen LogP contribution in [0.4, 0.5) is 0 Å². The molecule has 0 bridgehead atoms. The molecule has 15 heavy (non-hydrogen) atoms. The molecule has 0 atom stereocenters. The number of sulfonamides is 1. The van der Waals surface area contributed by atoms with Crippen molar-refractivity contribution in [2.75, 3.05) is 20.2 Å². The predicted octanol–water partition coefficient (Wildman–Crippen LogP) is 1.46. The molecule has 6 heteroatoms. The van der Waals surface area contributed by atoms with Crippen molar-refractivity contribution >= 4 is 26.0 Å². The van der Waals surface area contributed by atoms with Gasteiger partial charge in [-0.2, -0.15) is 4.31 Å². The first-order chi connectivity index (χ1) is 7.01. The van der Waals surface area contributed by atoms with Gasteiger partial charge in [0.25, 0.3) is 0 Å². The molecule has 0 saturated heterocycles. The molecule has 82 valence electrons. The minimum Gasteiger partial charge on any atom is -0.491 e. The first-order valence-corrected chi connectivity index (χ1v) is 6.64. The number of hydrogen-bond acceptors (Lipinski definition) is 3. The number of hydrogen-bond donors (Lipinski definition) is 0. The molecule has 0 saturated carbocycles. The number of halogens is 1. The van der Waals surface area contributed by atoms with Crippen LogP contribution in [0.5, 0.6) is 5.75 Å². The van der Waals surface area contributed by atoms with Crippen LogP contribution < -0.4 is 4.74 Å². The Balaban J connectivity index is 2.66. The van der Waals surface area contributed by atoms with Gasteiger partial charge in [0, 0.05) is 18.1 Å². The van der Waals surface area contributed by atoms with Crippen molar-refractivity contribution in [3.05, 3.63) is 22.7 Å². The second-order valence-corrected chi connectivity index (χ2v) is 6.20. The summed E-state index contributed by atoms with van der Waals surface area (Å²) in [6, 6.07) is 4.99. The molecule has 0 amide bonds. The van der Waals surface area contributed by atoms with E-state index in [0.29, 0.717) is 18.9 Å². The molecule has 0 fully saturated rings. The molecule has 0 spiro atoms. The monoisotopic (exact) mass is 291 g/mol. The molecule has 0 unspecified atom stereocenters. The van der Waals surface area contributed by atoms with E-state index in [4.69, 9.17) is 4.74 Å². The Morgan fingerprint density at radius 3 is 2.93 bits per heavy atom. The van der Waals surface area contributed by atoms with Crippen molar-refractivity contribution in [3.63, 3.8) is 0 Å². The lowest BCUT2D eigenvalue weighted by molar-refractivity contribution is 0.293. The maximum Gasteiger partial charge on any atom is 0.246 e. The summed E-state index contributed by atoms with van der Waals surface area (Å²) in [5.74, 6) is 0.419. The molecule has 1 aromatic rings. The van der Waals surface area contributed by atoms with Crippen LogP contribution in [0.1, 0.15) is 0 Å². The molecule has 4 nitrogen and oxygen atoms in total. The third-order valence-electron chi connectivity index (χ3n) is 2.26. The van der Waals surface area contributed by atoms with Gasteiger partial charge in [-0.1, -0.05) is 15.9 Å². The summed E-state index contributed by atoms with van der Waals surface area (Å²) < 4.78 is 31.4. The summed E-state index contributed by atoms with van der Waals surface area (Å²) in [4.78, 5) is 0.219. The van der Waals surface area contributed by atoms with E-state index in [1.54, 1.807) is 25.2 Å². The molecule has 1 aliphatic rings. The normalized spacial score (nSPS) is 20.1. The van der Waals surface area contributed by atoms with E-state index in [9.17, 15) is 8.42 Å². The first kappa shape index (κ1) is 10.9. The Morgan fingerprint density at radius 1 is 1.47 bits per heavy atom. The molecule has 0 radical (unpaired) electrons. The van der Waals surface area contributed by atoms with Gasteiger partial charge in [0.15, 0.2) is 0 Å². The lowest BCUT2D eigenvalue weighted by Crippen LogP contribution is -2.28. The molecular weight excluding hydrogens is 282 g/mol. The van der Waals surface area contributed by atoms with Gasteiger partial charge >= 0.3 is 0 Å². The Labute approximate surface area is 97.0 Å². The van der Waals surface area contributed by atoms with E-state index in [-0.39, 0.29) is 4.90 Å². The molecule has 0 N–H and O–H groups in total. The SMILES string of the molecule is CN1CCOc2ccc(Br)cc2S1(=O)=O. The van der Waals surface area contributed by atoms with Crippen LogP contribution in [-0.4, -0.2) is 32.9 Å². The van der Waals surface area contributed by atoms with E-state index in [1.807, 2.05) is 0 Å². The number of fused-ring (bicyclic) bond motifs is 1. The highest BCUT2D eigenvalue weighted by atomic mass is 79.9. The maximum absolute atomic E-state index is 12.0. The Kier molecular flexibility index (Phi) is 2.74. The molecule has 2 rings (SSSR count). The summed E-state index contributed by atoms with van der Waals surface area (Å²) in [7, 11) is -1.85. The van der Waals surface area contributed by atoms with Crippen LogP contribution in [0.15, 0.2) is 27.6 Å². The average Bonchev–Trinajstić information content (AvgIpc) is 2.28. The largest absolute Gasteiger partial charge is 0.491 e. The second-order valence-electron chi connectivity index (χ2n) is 3.27. The summed E-state index contributed by atoms with van der Waals surface area (Å²) in [5.41, 5.74) is 0. The third-order valence-corrected chi connectivity index (χ3v) is 4.63. The highest BCUT2D eigenvalue weighted by molar-refractivity contribution is 9.10. The third kappa shape index (κ3) is 1.89. The standard InChI is InChI=1S/C9H10BrNO3S/c1-11-4-5-14-8-3-2-7(10)6-9(8)15(11,12)13/h2-3,6H,4-5H2,1H3. The Bertz CT molecular complexity index is 486. The molecular formula is C9H10BrNO3S. The van der Waals surface area contributed by atoms with Gasteiger partial charge in [0.2, 0.25) is 10.0 Å². The fourth-order valence-corrected chi connectivity index (χ4v) is 3.20. The van der Waals surface area contributed by atoms with E-state index in [2.05, 4.69) is 15.9 Å². The zero-order valence-electron chi connectivity index (χ0n) is 8.10. The lowest BCUT2D eigenvalue weighted by atomic mass is 10.3. The van der Waals surface area contributed by atoms with E-state index in [1.165, 1.54) is 4.31 Å². The van der Waals surface area contributed by atoms with Crippen LogP contribution in [-0.2, 0) is 10.0 Å². The highest BCUT2D eigenvalue weighted by Crippen LogP contribution is 2.31. The number of ether oxygens (including phenoxy) is 1. The van der Waals surface area contributed by atoms with Crippen molar-refractivity contribution in [2.24, 2.45) is 0 Å². The van der Waals surface area contributed by atoms with Crippen LogP contribution in [0, 0.1) is 0 Å². The van der Waals surface area contributed by atoms with Gasteiger partial charge in [-0.15, -0.1) is 0 Å². The fourth-order valence-electron chi connectivity index (χ4n) is 1.37. The Morgan fingerprint density at radius 2 is 2.20 bits per heavy atom. The maximum atomic E-state index is 12.0. The fraction of sp³-hybridized carbons (Fsp3) is 0.333. The van der Waals surface area contributed by atoms with Crippen molar-refractivity contribution in [1.29, 1.82) is 0 Å². The van der Waals surface area contributed by atoms with Crippen LogP contribution in [0.2, 0.25) is 0 Å². The summed E-state index contributed by atoms with van der Waals surface area (Å²) in [5, 5.41) is 0. The van der Waals surface area contributed by atoms with Crippen molar-refractivity contribution in [2.45, 2.75) is 4.90 Å². The smallest absolute Gasteiger partial charge is 0.246 e. The van der Waals surface area contributed by atoms with Crippen LogP contribution in [0.25, 0.3) is 0 Å². The van der Waals surface area contributed by atoms with Gasteiger partial charge in [-0.25, -0.2) is 8.42 Å². The van der Waals surface area contributed by atoms with Gasteiger partial charge in [-0.05, 0) is 18.2 Å². The van der Waals surface area contributed by atoms with E-state index in [0.717, 1.165) is 4.47 Å². The van der Waals surface area contributed by atoms with Crippen molar-refractivity contribution < 1.29 is 13.2 Å². The van der Waals surface area contributed by atoms with Crippen molar-refractivity contribution in [3.8, 4) is 5.75 Å². The Hall–Kier alpha value is -0.590. The van der Waals surface area contributed by atoms with E-state index >= 15 is 0 Å². The highest BCUT2D eigenvalue weighted by Gasteiger charge is 2.27. The number of nitrogens with zero attached hydrogens (tertiary/aromatic N) is 1. The average molecular weight is 292 g/mol. The minimum atomic E-state index is -3.40. The zero-order valence-corrected chi connectivity index (χ0v) is 10.5. The molecule has 1 aliphatic heterocycles. The summed E-state index contributed by atoms with van der Waals surface area (Å²) >= 11 is 3.25. The number of likely N-dealkylation sites (N-methyl/N-ethyl adjacent to an activating group) is 1. The van der Waals surface area contributed by atoms with E-state index < -0.39 is 10.0 Å². The molecule has 0 aromatic heterocycles. The number of rotatable bonds is 0. The van der Waals surface area contributed by atoms with Crippen molar-refractivity contribution in [1.82, 2.24) is 4.31 Å². The van der Waals surface area contributed by atoms with Crippen LogP contribution in [0.3, 0.4) is 0 Å². The predicted molar refractivity (Wildman–Crippen MR) is 59.5 cm³/mol. The van der Waals surface area contributed by atoms with Gasteiger partial charge in [0.1, 0.15) is 17.3 Å².